The number of nitrogens with one attached hydrogen (secondary N) is 1. The summed E-state index contributed by atoms with van der Waals surface area (Å²) in [4.78, 5) is 16.4. The van der Waals surface area contributed by atoms with Gasteiger partial charge in [-0.2, -0.15) is 9.78 Å². The minimum absolute atomic E-state index is 0.00949. The fourth-order valence-corrected chi connectivity index (χ4v) is 4.78. The number of para-hydroxylation sites is 1. The molecular weight excluding hydrogens is 468 g/mol. The van der Waals surface area contributed by atoms with Crippen molar-refractivity contribution in [3.05, 3.63) is 88.1 Å². The Labute approximate surface area is 215 Å². The van der Waals surface area contributed by atoms with Crippen LogP contribution >= 0.6 is 0 Å². The maximum Gasteiger partial charge on any atom is 0.342 e. The summed E-state index contributed by atoms with van der Waals surface area (Å²) in [6.07, 6.45) is 2.30. The molecule has 8 heteroatoms. The van der Waals surface area contributed by atoms with Crippen LogP contribution in [0, 0.1) is 13.8 Å². The number of carbonyl (C=O) groups is 1. The Morgan fingerprint density at radius 2 is 1.95 bits per heavy atom. The van der Waals surface area contributed by atoms with Crippen molar-refractivity contribution in [3.8, 4) is 28.7 Å². The van der Waals surface area contributed by atoms with Crippen LogP contribution in [0.5, 0.6) is 11.6 Å². The predicted molar refractivity (Wildman–Crippen MR) is 141 cm³/mol. The fourth-order valence-electron chi connectivity index (χ4n) is 4.78. The Morgan fingerprint density at radius 3 is 2.76 bits per heavy atom. The van der Waals surface area contributed by atoms with Crippen LogP contribution in [0.1, 0.15) is 45.1 Å². The van der Waals surface area contributed by atoms with Gasteiger partial charge < -0.3 is 19.9 Å². The second-order valence-electron chi connectivity index (χ2n) is 9.11. The molecule has 0 fully saturated rings. The monoisotopic (exact) mass is 498 g/mol. The first-order valence-electron chi connectivity index (χ1n) is 12.4. The van der Waals surface area contributed by atoms with Crippen molar-refractivity contribution in [2.24, 2.45) is 0 Å². The molecule has 5 rings (SSSR count). The summed E-state index contributed by atoms with van der Waals surface area (Å²) < 4.78 is 13.4. The van der Waals surface area contributed by atoms with Gasteiger partial charge in [-0.1, -0.05) is 30.3 Å². The highest BCUT2D eigenvalue weighted by molar-refractivity contribution is 5.90. The SMILES string of the molecule is CCOc1c(C(=O)O)cnn1-c1cccc(-c2cccc(C)c2OCc2cc(C)c3c(c2)CCNC3)n1. The molecule has 2 aromatic heterocycles. The summed E-state index contributed by atoms with van der Waals surface area (Å²) in [7, 11) is 0. The molecule has 0 aliphatic carbocycles. The molecule has 190 valence electrons. The quantitative estimate of drug-likeness (QED) is 0.358. The van der Waals surface area contributed by atoms with E-state index in [0.717, 1.165) is 42.0 Å². The molecule has 0 atom stereocenters. The normalized spacial score (nSPS) is 12.7. The molecule has 0 unspecified atom stereocenters. The zero-order chi connectivity index (χ0) is 25.9. The summed E-state index contributed by atoms with van der Waals surface area (Å²) >= 11 is 0. The van der Waals surface area contributed by atoms with Gasteiger partial charge >= 0.3 is 5.97 Å². The molecule has 2 aromatic carbocycles. The molecule has 4 aromatic rings. The first-order valence-corrected chi connectivity index (χ1v) is 12.4. The minimum atomic E-state index is -1.10. The van der Waals surface area contributed by atoms with E-state index in [-0.39, 0.29) is 11.4 Å². The van der Waals surface area contributed by atoms with Crippen molar-refractivity contribution in [1.82, 2.24) is 20.1 Å². The number of hydrogen-bond donors (Lipinski definition) is 2. The molecule has 0 spiro atoms. The highest BCUT2D eigenvalue weighted by Crippen LogP contribution is 2.34. The van der Waals surface area contributed by atoms with E-state index in [1.54, 1.807) is 13.0 Å². The first kappa shape index (κ1) is 24.5. The van der Waals surface area contributed by atoms with E-state index < -0.39 is 5.97 Å². The maximum atomic E-state index is 11.6. The Balaban J connectivity index is 1.47. The van der Waals surface area contributed by atoms with Crippen LogP contribution in [0.25, 0.3) is 17.1 Å². The number of rotatable bonds is 8. The number of pyridine rings is 1. The Hall–Kier alpha value is -4.17. The zero-order valence-electron chi connectivity index (χ0n) is 21.2. The van der Waals surface area contributed by atoms with E-state index in [1.165, 1.54) is 27.6 Å². The highest BCUT2D eigenvalue weighted by atomic mass is 16.5. The Bertz CT molecular complexity index is 1460. The number of fused-ring (bicyclic) bond motifs is 1. The van der Waals surface area contributed by atoms with Crippen molar-refractivity contribution in [3.63, 3.8) is 0 Å². The van der Waals surface area contributed by atoms with E-state index in [4.69, 9.17) is 14.5 Å². The van der Waals surface area contributed by atoms with Crippen LogP contribution in [-0.4, -0.2) is 39.0 Å². The summed E-state index contributed by atoms with van der Waals surface area (Å²) in [5.41, 5.74) is 7.75. The van der Waals surface area contributed by atoms with Crippen LogP contribution in [0.15, 0.2) is 54.7 Å². The van der Waals surface area contributed by atoms with E-state index in [0.29, 0.717) is 24.7 Å². The number of carboxylic acids is 1. The molecule has 8 nitrogen and oxygen atoms in total. The standard InChI is InChI=1S/C29H30N4O4/c1-4-36-28-24(29(34)35)16-31-33(28)26-10-6-9-25(32-26)22-8-5-7-18(2)27(22)37-17-20-13-19(3)23-15-30-12-11-21(23)14-20/h5-10,13-14,16,30H,4,11-12,15,17H2,1-3H3,(H,34,35). The van der Waals surface area contributed by atoms with E-state index in [9.17, 15) is 9.90 Å². The van der Waals surface area contributed by atoms with Gasteiger partial charge in [0, 0.05) is 12.1 Å². The van der Waals surface area contributed by atoms with E-state index in [2.05, 4.69) is 29.5 Å². The molecule has 1 aliphatic rings. The lowest BCUT2D eigenvalue weighted by Crippen LogP contribution is -2.24. The van der Waals surface area contributed by atoms with Gasteiger partial charge in [0.1, 0.15) is 17.9 Å². The zero-order valence-corrected chi connectivity index (χ0v) is 21.2. The summed E-state index contributed by atoms with van der Waals surface area (Å²) in [6.45, 7) is 8.65. The number of ether oxygens (including phenoxy) is 2. The molecule has 37 heavy (non-hydrogen) atoms. The lowest BCUT2D eigenvalue weighted by Gasteiger charge is -2.21. The number of aromatic carboxylic acids is 1. The summed E-state index contributed by atoms with van der Waals surface area (Å²) in [5, 5.41) is 17.2. The van der Waals surface area contributed by atoms with Gasteiger partial charge in [0.2, 0.25) is 5.88 Å². The number of aromatic nitrogens is 3. The third-order valence-corrected chi connectivity index (χ3v) is 6.56. The lowest BCUT2D eigenvalue weighted by molar-refractivity contribution is 0.0692. The fraction of sp³-hybridized carbons (Fsp3) is 0.276. The third kappa shape index (κ3) is 4.93. The number of nitrogens with zero attached hydrogens (tertiary/aromatic N) is 3. The van der Waals surface area contributed by atoms with Gasteiger partial charge in [0.05, 0.1) is 18.5 Å². The molecule has 0 radical (unpaired) electrons. The molecule has 0 saturated carbocycles. The maximum absolute atomic E-state index is 11.6. The van der Waals surface area contributed by atoms with Gasteiger partial charge in [0.25, 0.3) is 0 Å². The van der Waals surface area contributed by atoms with E-state index in [1.807, 2.05) is 37.3 Å². The van der Waals surface area contributed by atoms with Crippen molar-refractivity contribution in [2.45, 2.75) is 40.3 Å². The van der Waals surface area contributed by atoms with Crippen molar-refractivity contribution >= 4 is 5.97 Å². The largest absolute Gasteiger partial charge is 0.488 e. The van der Waals surface area contributed by atoms with Crippen molar-refractivity contribution in [2.75, 3.05) is 13.2 Å². The number of carboxylic acid groups (broad SMARTS) is 1. The molecule has 0 bridgehead atoms. The average molecular weight is 499 g/mol. The van der Waals surface area contributed by atoms with Gasteiger partial charge in [0.15, 0.2) is 5.82 Å². The molecule has 1 aliphatic heterocycles. The second-order valence-corrected chi connectivity index (χ2v) is 9.11. The smallest absolute Gasteiger partial charge is 0.342 e. The average Bonchev–Trinajstić information content (AvgIpc) is 3.32. The van der Waals surface area contributed by atoms with Gasteiger partial charge in [-0.25, -0.2) is 9.78 Å². The van der Waals surface area contributed by atoms with Gasteiger partial charge in [-0.05, 0) is 79.8 Å². The highest BCUT2D eigenvalue weighted by Gasteiger charge is 2.21. The molecule has 3 heterocycles. The van der Waals surface area contributed by atoms with Crippen molar-refractivity contribution < 1.29 is 19.4 Å². The van der Waals surface area contributed by atoms with Crippen LogP contribution in [0.4, 0.5) is 0 Å². The predicted octanol–water partition coefficient (Wildman–Crippen LogP) is 4.87. The molecule has 0 saturated heterocycles. The molecule has 0 amide bonds. The lowest BCUT2D eigenvalue weighted by atomic mass is 9.94. The van der Waals surface area contributed by atoms with Crippen LogP contribution in [0.3, 0.4) is 0 Å². The number of benzene rings is 2. The Kier molecular flexibility index (Phi) is 6.92. The number of hydrogen-bond acceptors (Lipinski definition) is 6. The second kappa shape index (κ2) is 10.4. The summed E-state index contributed by atoms with van der Waals surface area (Å²) in [6, 6.07) is 16.0. The summed E-state index contributed by atoms with van der Waals surface area (Å²) in [5.74, 6) is 0.271. The van der Waals surface area contributed by atoms with Gasteiger partial charge in [-0.3, -0.25) is 0 Å². The van der Waals surface area contributed by atoms with Crippen LogP contribution < -0.4 is 14.8 Å². The van der Waals surface area contributed by atoms with Gasteiger partial charge in [-0.15, -0.1) is 0 Å². The topological polar surface area (TPSA) is 98.5 Å². The first-order chi connectivity index (χ1) is 18.0. The number of aryl methyl sites for hydroxylation is 2. The van der Waals surface area contributed by atoms with E-state index >= 15 is 0 Å². The van der Waals surface area contributed by atoms with Crippen LogP contribution in [-0.2, 0) is 19.6 Å². The van der Waals surface area contributed by atoms with Crippen LogP contribution in [0.2, 0.25) is 0 Å². The Morgan fingerprint density at radius 1 is 1.11 bits per heavy atom. The molecular formula is C29H30N4O4. The van der Waals surface area contributed by atoms with Crippen molar-refractivity contribution in [1.29, 1.82) is 0 Å². The molecule has 2 N–H and O–H groups in total. The third-order valence-electron chi connectivity index (χ3n) is 6.56. The minimum Gasteiger partial charge on any atom is -0.488 e.